The molecule has 0 aliphatic carbocycles. The molecule has 10 heteroatoms. The zero-order valence-corrected chi connectivity index (χ0v) is 14.6. The van der Waals surface area contributed by atoms with Gasteiger partial charge in [0.2, 0.25) is 11.1 Å². The van der Waals surface area contributed by atoms with E-state index in [4.69, 9.17) is 0 Å². The van der Waals surface area contributed by atoms with E-state index in [0.29, 0.717) is 10.9 Å². The van der Waals surface area contributed by atoms with Crippen LogP contribution in [0.1, 0.15) is 17.0 Å². The average Bonchev–Trinajstić information content (AvgIpc) is 2.96. The molecule has 0 saturated heterocycles. The largest absolute Gasteiger partial charge is 0.418 e. The number of benzene rings is 1. The Balaban J connectivity index is 1.70. The SMILES string of the molecule is Cc1cc(C)n2nc(SCC(=O)Nc3ccccc3C(F)(F)F)nc2n1. The maximum Gasteiger partial charge on any atom is 0.418 e. The van der Waals surface area contributed by atoms with Crippen LogP contribution >= 0.6 is 11.8 Å². The Morgan fingerprint density at radius 2 is 1.96 bits per heavy atom. The highest BCUT2D eigenvalue weighted by Gasteiger charge is 2.33. The van der Waals surface area contributed by atoms with Crippen LogP contribution < -0.4 is 5.32 Å². The minimum atomic E-state index is -4.54. The molecule has 6 nitrogen and oxygen atoms in total. The number of carbonyl (C=O) groups is 1. The van der Waals surface area contributed by atoms with Crippen molar-refractivity contribution in [1.29, 1.82) is 0 Å². The van der Waals surface area contributed by atoms with E-state index in [2.05, 4.69) is 20.4 Å². The molecule has 0 aliphatic rings. The van der Waals surface area contributed by atoms with Crippen LogP contribution in [0.2, 0.25) is 0 Å². The van der Waals surface area contributed by atoms with Gasteiger partial charge in [0, 0.05) is 11.4 Å². The van der Waals surface area contributed by atoms with Crippen LogP contribution in [-0.4, -0.2) is 31.2 Å². The summed E-state index contributed by atoms with van der Waals surface area (Å²) in [4.78, 5) is 20.5. The van der Waals surface area contributed by atoms with Crippen molar-refractivity contribution in [2.75, 3.05) is 11.1 Å². The van der Waals surface area contributed by atoms with Gasteiger partial charge in [0.25, 0.3) is 5.78 Å². The first-order valence-electron chi connectivity index (χ1n) is 7.54. The van der Waals surface area contributed by atoms with Crippen molar-refractivity contribution >= 4 is 29.1 Å². The Hall–Kier alpha value is -2.62. The maximum absolute atomic E-state index is 13.0. The number of para-hydroxylation sites is 1. The molecule has 0 saturated carbocycles. The summed E-state index contributed by atoms with van der Waals surface area (Å²) in [5.74, 6) is -0.291. The number of amides is 1. The normalized spacial score (nSPS) is 11.7. The van der Waals surface area contributed by atoms with E-state index < -0.39 is 17.6 Å². The van der Waals surface area contributed by atoms with E-state index >= 15 is 0 Å². The van der Waals surface area contributed by atoms with Crippen LogP contribution in [0.25, 0.3) is 5.78 Å². The minimum absolute atomic E-state index is 0.124. The molecule has 0 fully saturated rings. The smallest absolute Gasteiger partial charge is 0.325 e. The predicted octanol–water partition coefficient (Wildman–Crippen LogP) is 3.49. The van der Waals surface area contributed by atoms with E-state index in [0.717, 1.165) is 29.2 Å². The first kappa shape index (κ1) is 18.2. The summed E-state index contributed by atoms with van der Waals surface area (Å²) in [6.45, 7) is 3.69. The number of halogens is 3. The van der Waals surface area contributed by atoms with Crippen LogP contribution in [0.4, 0.5) is 18.9 Å². The standard InChI is InChI=1S/C16H14F3N5OS/c1-9-7-10(2)24-14(20-9)22-15(23-24)26-8-13(25)21-12-6-4-3-5-11(12)16(17,18)19/h3-7H,8H2,1-2H3,(H,21,25). The van der Waals surface area contributed by atoms with E-state index in [-0.39, 0.29) is 11.4 Å². The number of nitrogens with one attached hydrogen (secondary N) is 1. The second-order valence-corrected chi connectivity index (χ2v) is 6.47. The van der Waals surface area contributed by atoms with Crippen molar-refractivity contribution in [1.82, 2.24) is 19.6 Å². The van der Waals surface area contributed by atoms with Crippen molar-refractivity contribution in [3.63, 3.8) is 0 Å². The summed E-state index contributed by atoms with van der Waals surface area (Å²) in [5.41, 5.74) is 0.469. The molecular formula is C16H14F3N5OS. The molecule has 136 valence electrons. The molecule has 0 radical (unpaired) electrons. The van der Waals surface area contributed by atoms with E-state index in [1.807, 2.05) is 19.9 Å². The predicted molar refractivity (Wildman–Crippen MR) is 91.1 cm³/mol. The van der Waals surface area contributed by atoms with Gasteiger partial charge in [-0.25, -0.2) is 9.50 Å². The van der Waals surface area contributed by atoms with Crippen LogP contribution in [0.3, 0.4) is 0 Å². The molecule has 0 aliphatic heterocycles. The molecule has 0 bridgehead atoms. The van der Waals surface area contributed by atoms with Gasteiger partial charge in [0.15, 0.2) is 0 Å². The number of hydrogen-bond donors (Lipinski definition) is 1. The highest BCUT2D eigenvalue weighted by Crippen LogP contribution is 2.34. The summed E-state index contributed by atoms with van der Waals surface area (Å²) >= 11 is 1.03. The van der Waals surface area contributed by atoms with E-state index in [1.54, 1.807) is 4.52 Å². The molecule has 1 aromatic carbocycles. The number of alkyl halides is 3. The lowest BCUT2D eigenvalue weighted by molar-refractivity contribution is -0.137. The number of fused-ring (bicyclic) bond motifs is 1. The Labute approximate surface area is 150 Å². The third-order valence-corrected chi connectivity index (χ3v) is 4.28. The zero-order valence-electron chi connectivity index (χ0n) is 13.8. The summed E-state index contributed by atoms with van der Waals surface area (Å²) in [6.07, 6.45) is -4.54. The number of carbonyl (C=O) groups excluding carboxylic acids is 1. The lowest BCUT2D eigenvalue weighted by Gasteiger charge is -2.13. The van der Waals surface area contributed by atoms with Gasteiger partial charge in [0.1, 0.15) is 0 Å². The van der Waals surface area contributed by atoms with Crippen LogP contribution in [0.5, 0.6) is 0 Å². The monoisotopic (exact) mass is 381 g/mol. The number of aryl methyl sites for hydroxylation is 2. The molecule has 2 heterocycles. The lowest BCUT2D eigenvalue weighted by Crippen LogP contribution is -2.18. The number of hydrogen-bond acceptors (Lipinski definition) is 5. The summed E-state index contributed by atoms with van der Waals surface area (Å²) in [5, 5.41) is 6.84. The molecule has 0 unspecified atom stereocenters. The Bertz CT molecular complexity index is 970. The van der Waals surface area contributed by atoms with E-state index in [1.165, 1.54) is 18.2 Å². The average molecular weight is 381 g/mol. The topological polar surface area (TPSA) is 72.2 Å². The van der Waals surface area contributed by atoms with Gasteiger partial charge in [0.05, 0.1) is 17.0 Å². The first-order valence-corrected chi connectivity index (χ1v) is 8.52. The Kier molecular flexibility index (Phi) is 4.86. The van der Waals surface area contributed by atoms with E-state index in [9.17, 15) is 18.0 Å². The van der Waals surface area contributed by atoms with Crippen molar-refractivity contribution in [2.45, 2.75) is 25.2 Å². The van der Waals surface area contributed by atoms with Crippen LogP contribution in [-0.2, 0) is 11.0 Å². The number of aromatic nitrogens is 4. The van der Waals surface area contributed by atoms with Crippen molar-refractivity contribution in [3.8, 4) is 0 Å². The Morgan fingerprint density at radius 1 is 1.23 bits per heavy atom. The second kappa shape index (κ2) is 6.94. The van der Waals surface area contributed by atoms with Gasteiger partial charge >= 0.3 is 6.18 Å². The van der Waals surface area contributed by atoms with Gasteiger partial charge in [-0.05, 0) is 32.0 Å². The van der Waals surface area contributed by atoms with Gasteiger partial charge in [-0.1, -0.05) is 23.9 Å². The van der Waals surface area contributed by atoms with Crippen molar-refractivity contribution < 1.29 is 18.0 Å². The first-order chi connectivity index (χ1) is 12.2. The number of nitrogens with zero attached hydrogens (tertiary/aromatic N) is 4. The van der Waals surface area contributed by atoms with Crippen molar-refractivity contribution in [2.24, 2.45) is 0 Å². The second-order valence-electron chi connectivity index (χ2n) is 5.53. The fourth-order valence-corrected chi connectivity index (χ4v) is 2.98. The molecule has 2 aromatic heterocycles. The van der Waals surface area contributed by atoms with Gasteiger partial charge in [-0.15, -0.1) is 5.10 Å². The zero-order chi connectivity index (χ0) is 18.9. The molecular weight excluding hydrogens is 367 g/mol. The number of anilines is 1. The van der Waals surface area contributed by atoms with Gasteiger partial charge < -0.3 is 5.32 Å². The molecule has 26 heavy (non-hydrogen) atoms. The maximum atomic E-state index is 13.0. The third-order valence-electron chi connectivity index (χ3n) is 3.44. The van der Waals surface area contributed by atoms with Gasteiger partial charge in [-0.3, -0.25) is 4.79 Å². The summed E-state index contributed by atoms with van der Waals surface area (Å²) < 4.78 is 40.4. The summed E-state index contributed by atoms with van der Waals surface area (Å²) in [6, 6.07) is 6.67. The highest BCUT2D eigenvalue weighted by atomic mass is 32.2. The molecule has 1 amide bonds. The number of thioether (sulfide) groups is 1. The quantitative estimate of drug-likeness (QED) is 0.701. The molecule has 0 atom stereocenters. The molecule has 1 N–H and O–H groups in total. The fraction of sp³-hybridized carbons (Fsp3) is 0.250. The highest BCUT2D eigenvalue weighted by molar-refractivity contribution is 7.99. The van der Waals surface area contributed by atoms with Crippen LogP contribution in [0.15, 0.2) is 35.5 Å². The lowest BCUT2D eigenvalue weighted by atomic mass is 10.1. The van der Waals surface area contributed by atoms with Crippen LogP contribution in [0, 0.1) is 13.8 Å². The molecule has 3 aromatic rings. The Morgan fingerprint density at radius 3 is 2.69 bits per heavy atom. The third kappa shape index (κ3) is 3.96. The fourth-order valence-electron chi connectivity index (χ4n) is 2.36. The number of rotatable bonds is 4. The van der Waals surface area contributed by atoms with Crippen molar-refractivity contribution in [3.05, 3.63) is 47.3 Å². The molecule has 0 spiro atoms. The summed E-state index contributed by atoms with van der Waals surface area (Å²) in [7, 11) is 0. The molecule has 3 rings (SSSR count). The minimum Gasteiger partial charge on any atom is -0.325 e. The van der Waals surface area contributed by atoms with Gasteiger partial charge in [-0.2, -0.15) is 18.2 Å².